The lowest BCUT2D eigenvalue weighted by Gasteiger charge is -2.21. The maximum Gasteiger partial charge on any atom is 0.166 e. The Labute approximate surface area is 99.2 Å². The fourth-order valence-corrected chi connectivity index (χ4v) is 2.37. The first kappa shape index (κ1) is 12.8. The van der Waals surface area contributed by atoms with E-state index in [0.29, 0.717) is 0 Å². The zero-order chi connectivity index (χ0) is 10.9. The molecule has 0 spiro atoms. The molecular formula is C12H24N2S. The van der Waals surface area contributed by atoms with Gasteiger partial charge in [0, 0.05) is 13.1 Å². The molecule has 1 saturated carbocycles. The Morgan fingerprint density at radius 3 is 2.47 bits per heavy atom. The molecule has 0 atom stereocenters. The highest BCUT2D eigenvalue weighted by molar-refractivity contribution is 7.80. The van der Waals surface area contributed by atoms with Crippen molar-refractivity contribution in [2.45, 2.75) is 51.9 Å². The van der Waals surface area contributed by atoms with Gasteiger partial charge in [-0.1, -0.05) is 39.0 Å². The van der Waals surface area contributed by atoms with Crippen LogP contribution < -0.4 is 10.6 Å². The molecule has 0 amide bonds. The SMILES string of the molecule is CCCNC(=S)NCCC1CCCCC1. The Hall–Kier alpha value is -0.310. The van der Waals surface area contributed by atoms with Crippen molar-refractivity contribution in [3.63, 3.8) is 0 Å². The number of thiocarbonyl (C=S) groups is 1. The minimum Gasteiger partial charge on any atom is -0.363 e. The zero-order valence-corrected chi connectivity index (χ0v) is 10.7. The highest BCUT2D eigenvalue weighted by Gasteiger charge is 2.12. The van der Waals surface area contributed by atoms with Crippen LogP contribution in [0.2, 0.25) is 0 Å². The standard InChI is InChI=1S/C12H24N2S/c1-2-9-13-12(15)14-10-8-11-6-4-3-5-7-11/h11H,2-10H2,1H3,(H2,13,14,15). The second kappa shape index (κ2) is 7.91. The molecule has 0 aromatic rings. The Morgan fingerprint density at radius 1 is 1.13 bits per heavy atom. The van der Waals surface area contributed by atoms with Gasteiger partial charge >= 0.3 is 0 Å². The third kappa shape index (κ3) is 5.98. The van der Waals surface area contributed by atoms with Crippen LogP contribution >= 0.6 is 12.2 Å². The molecule has 0 aromatic carbocycles. The summed E-state index contributed by atoms with van der Waals surface area (Å²) in [7, 11) is 0. The highest BCUT2D eigenvalue weighted by Crippen LogP contribution is 2.25. The Morgan fingerprint density at radius 2 is 1.80 bits per heavy atom. The van der Waals surface area contributed by atoms with E-state index >= 15 is 0 Å². The first-order valence-corrected chi connectivity index (χ1v) is 6.75. The van der Waals surface area contributed by atoms with Crippen LogP contribution in [-0.2, 0) is 0 Å². The van der Waals surface area contributed by atoms with E-state index in [1.54, 1.807) is 0 Å². The molecule has 0 radical (unpaired) electrons. The molecule has 0 bridgehead atoms. The van der Waals surface area contributed by atoms with Crippen molar-refractivity contribution >= 4 is 17.3 Å². The van der Waals surface area contributed by atoms with Crippen molar-refractivity contribution in [2.24, 2.45) is 5.92 Å². The van der Waals surface area contributed by atoms with E-state index < -0.39 is 0 Å². The van der Waals surface area contributed by atoms with E-state index in [2.05, 4.69) is 17.6 Å². The van der Waals surface area contributed by atoms with Crippen molar-refractivity contribution in [3.05, 3.63) is 0 Å². The van der Waals surface area contributed by atoms with Crippen LogP contribution in [-0.4, -0.2) is 18.2 Å². The van der Waals surface area contributed by atoms with E-state index in [9.17, 15) is 0 Å². The van der Waals surface area contributed by atoms with Crippen LogP contribution in [0, 0.1) is 5.92 Å². The predicted molar refractivity (Wildman–Crippen MR) is 70.1 cm³/mol. The fraction of sp³-hybridized carbons (Fsp3) is 0.917. The van der Waals surface area contributed by atoms with Crippen molar-refractivity contribution in [2.75, 3.05) is 13.1 Å². The summed E-state index contributed by atoms with van der Waals surface area (Å²) in [6, 6.07) is 0. The summed E-state index contributed by atoms with van der Waals surface area (Å²) in [5, 5.41) is 7.30. The van der Waals surface area contributed by atoms with Crippen molar-refractivity contribution < 1.29 is 0 Å². The molecule has 1 rings (SSSR count). The third-order valence-corrected chi connectivity index (χ3v) is 3.39. The minimum atomic E-state index is 0.827. The van der Waals surface area contributed by atoms with Crippen LogP contribution in [0.1, 0.15) is 51.9 Å². The summed E-state index contributed by atoms with van der Waals surface area (Å²) >= 11 is 5.16. The molecule has 1 aliphatic carbocycles. The largest absolute Gasteiger partial charge is 0.363 e. The van der Waals surface area contributed by atoms with Gasteiger partial charge in [0.2, 0.25) is 0 Å². The van der Waals surface area contributed by atoms with E-state index in [-0.39, 0.29) is 0 Å². The molecule has 1 fully saturated rings. The molecule has 3 heteroatoms. The summed E-state index contributed by atoms with van der Waals surface area (Å²) in [6.07, 6.45) is 9.58. The number of hydrogen-bond acceptors (Lipinski definition) is 1. The Balaban J connectivity index is 1.97. The average Bonchev–Trinajstić information content (AvgIpc) is 2.28. The first-order chi connectivity index (χ1) is 7.33. The molecule has 0 aliphatic heterocycles. The van der Waals surface area contributed by atoms with Crippen molar-refractivity contribution in [3.8, 4) is 0 Å². The minimum absolute atomic E-state index is 0.827. The molecule has 2 N–H and O–H groups in total. The number of rotatable bonds is 5. The molecule has 0 aromatic heterocycles. The fourth-order valence-electron chi connectivity index (χ4n) is 2.17. The summed E-state index contributed by atoms with van der Waals surface area (Å²) in [4.78, 5) is 0. The van der Waals surface area contributed by atoms with E-state index in [0.717, 1.165) is 30.5 Å². The van der Waals surface area contributed by atoms with E-state index in [1.807, 2.05) is 0 Å². The maximum absolute atomic E-state index is 5.16. The lowest BCUT2D eigenvalue weighted by molar-refractivity contribution is 0.339. The van der Waals surface area contributed by atoms with Gasteiger partial charge in [-0.3, -0.25) is 0 Å². The van der Waals surface area contributed by atoms with Crippen molar-refractivity contribution in [1.82, 2.24) is 10.6 Å². The second-order valence-electron chi connectivity index (χ2n) is 4.48. The first-order valence-electron chi connectivity index (χ1n) is 6.34. The van der Waals surface area contributed by atoms with Gasteiger partial charge in [-0.15, -0.1) is 0 Å². The molecule has 1 aliphatic rings. The topological polar surface area (TPSA) is 24.1 Å². The zero-order valence-electron chi connectivity index (χ0n) is 9.85. The normalized spacial score (nSPS) is 17.4. The summed E-state index contributed by atoms with van der Waals surface area (Å²) in [5.74, 6) is 0.945. The van der Waals surface area contributed by atoms with Gasteiger partial charge in [0.25, 0.3) is 0 Å². The molecule has 2 nitrogen and oxygen atoms in total. The van der Waals surface area contributed by atoms with E-state index in [1.165, 1.54) is 38.5 Å². The van der Waals surface area contributed by atoms with Crippen LogP contribution in [0.4, 0.5) is 0 Å². The summed E-state index contributed by atoms with van der Waals surface area (Å²) < 4.78 is 0. The number of hydrogen-bond donors (Lipinski definition) is 2. The maximum atomic E-state index is 5.16. The highest BCUT2D eigenvalue weighted by atomic mass is 32.1. The van der Waals surface area contributed by atoms with Gasteiger partial charge in [0.1, 0.15) is 0 Å². The van der Waals surface area contributed by atoms with Gasteiger partial charge in [0.15, 0.2) is 5.11 Å². The van der Waals surface area contributed by atoms with Crippen LogP contribution in [0.25, 0.3) is 0 Å². The smallest absolute Gasteiger partial charge is 0.166 e. The Bertz CT molecular complexity index is 176. The molecule has 15 heavy (non-hydrogen) atoms. The van der Waals surface area contributed by atoms with Gasteiger partial charge in [-0.2, -0.15) is 0 Å². The van der Waals surface area contributed by atoms with Gasteiger partial charge in [-0.05, 0) is 31.0 Å². The van der Waals surface area contributed by atoms with Gasteiger partial charge < -0.3 is 10.6 Å². The van der Waals surface area contributed by atoms with Gasteiger partial charge in [0.05, 0.1) is 0 Å². The monoisotopic (exact) mass is 228 g/mol. The van der Waals surface area contributed by atoms with Crippen molar-refractivity contribution in [1.29, 1.82) is 0 Å². The lowest BCUT2D eigenvalue weighted by Crippen LogP contribution is -2.36. The number of nitrogens with one attached hydrogen (secondary N) is 2. The predicted octanol–water partition coefficient (Wildman–Crippen LogP) is 2.83. The molecule has 0 saturated heterocycles. The summed E-state index contributed by atoms with van der Waals surface area (Å²) in [6.45, 7) is 4.17. The molecule has 88 valence electrons. The molecular weight excluding hydrogens is 204 g/mol. The van der Waals surface area contributed by atoms with Crippen LogP contribution in [0.15, 0.2) is 0 Å². The van der Waals surface area contributed by atoms with Gasteiger partial charge in [-0.25, -0.2) is 0 Å². The van der Waals surface area contributed by atoms with E-state index in [4.69, 9.17) is 12.2 Å². The Kier molecular flexibility index (Phi) is 6.73. The average molecular weight is 228 g/mol. The molecule has 0 unspecified atom stereocenters. The third-order valence-electron chi connectivity index (χ3n) is 3.10. The van der Waals surface area contributed by atoms with Crippen LogP contribution in [0.5, 0.6) is 0 Å². The molecule has 0 heterocycles. The quantitative estimate of drug-likeness (QED) is 0.708. The lowest BCUT2D eigenvalue weighted by atomic mass is 9.87. The summed E-state index contributed by atoms with van der Waals surface area (Å²) in [5.41, 5.74) is 0. The second-order valence-corrected chi connectivity index (χ2v) is 4.88. The van der Waals surface area contributed by atoms with Crippen LogP contribution in [0.3, 0.4) is 0 Å².